The van der Waals surface area contributed by atoms with Gasteiger partial charge >= 0.3 is 5.51 Å². The molecule has 0 atom stereocenters. The summed E-state index contributed by atoms with van der Waals surface area (Å²) < 4.78 is 59.0. The molecule has 0 N–H and O–H groups in total. The smallest absolute Gasteiger partial charge is 0.258 e. The maximum absolute atomic E-state index is 12.3. The Morgan fingerprint density at radius 3 is 1.95 bits per heavy atom. The molecule has 0 unspecified atom stereocenters. The number of nitrogens with zero attached hydrogens (tertiary/aromatic N) is 2. The van der Waals surface area contributed by atoms with Crippen molar-refractivity contribution in [3.63, 3.8) is 0 Å². The lowest BCUT2D eigenvalue weighted by atomic mass is 10.3. The van der Waals surface area contributed by atoms with Crippen LogP contribution >= 0.6 is 0 Å². The van der Waals surface area contributed by atoms with Crippen LogP contribution in [0, 0.1) is 20.2 Å². The zero-order chi connectivity index (χ0) is 15.0. The molecule has 12 heteroatoms. The molecule has 0 spiro atoms. The van der Waals surface area contributed by atoms with E-state index >= 15 is 0 Å². The summed E-state index contributed by atoms with van der Waals surface area (Å²) in [6, 6.07) is 0.767. The third kappa shape index (κ3) is 2.62. The summed E-state index contributed by atoms with van der Waals surface area (Å²) in [7, 11) is -5.96. The van der Waals surface area contributed by atoms with E-state index < -0.39 is 41.5 Å². The summed E-state index contributed by atoms with van der Waals surface area (Å²) in [5.41, 5.74) is -8.15. The summed E-state index contributed by atoms with van der Waals surface area (Å²) in [5, 5.41) is 20.9. The molecule has 0 aliphatic carbocycles. The highest BCUT2D eigenvalue weighted by atomic mass is 32.2. The van der Waals surface area contributed by atoms with E-state index in [1.54, 1.807) is 0 Å². The molecular formula is C7H3F3N2O6S. The van der Waals surface area contributed by atoms with Crippen molar-refractivity contribution in [3.8, 4) is 0 Å². The molecule has 0 aliphatic rings. The van der Waals surface area contributed by atoms with Crippen LogP contribution in [0.1, 0.15) is 0 Å². The molecular weight excluding hydrogens is 297 g/mol. The fourth-order valence-electron chi connectivity index (χ4n) is 1.11. The zero-order valence-electron chi connectivity index (χ0n) is 8.62. The predicted octanol–water partition coefficient (Wildman–Crippen LogP) is 1.80. The average Bonchev–Trinajstić information content (AvgIpc) is 2.26. The lowest BCUT2D eigenvalue weighted by Gasteiger charge is -2.08. The third-order valence-electron chi connectivity index (χ3n) is 1.94. The molecule has 19 heavy (non-hydrogen) atoms. The highest BCUT2D eigenvalue weighted by Gasteiger charge is 2.50. The van der Waals surface area contributed by atoms with Gasteiger partial charge in [-0.25, -0.2) is 8.42 Å². The minimum atomic E-state index is -5.96. The van der Waals surface area contributed by atoms with Crippen LogP contribution in [-0.2, 0) is 9.84 Å². The zero-order valence-corrected chi connectivity index (χ0v) is 9.43. The second kappa shape index (κ2) is 4.46. The van der Waals surface area contributed by atoms with Crippen molar-refractivity contribution < 1.29 is 31.4 Å². The molecule has 0 amide bonds. The van der Waals surface area contributed by atoms with Gasteiger partial charge in [0, 0.05) is 6.07 Å². The number of alkyl halides is 3. The van der Waals surface area contributed by atoms with Gasteiger partial charge in [0.1, 0.15) is 0 Å². The van der Waals surface area contributed by atoms with E-state index in [-0.39, 0.29) is 12.1 Å². The van der Waals surface area contributed by atoms with E-state index in [1.165, 1.54) is 0 Å². The number of non-ortho nitro benzene ring substituents is 1. The predicted molar refractivity (Wildman–Crippen MR) is 53.0 cm³/mol. The molecule has 1 rings (SSSR count). The van der Waals surface area contributed by atoms with Crippen LogP contribution < -0.4 is 0 Å². The van der Waals surface area contributed by atoms with Crippen LogP contribution in [0.15, 0.2) is 23.1 Å². The Labute approximate surface area is 102 Å². The number of hydrogen-bond donors (Lipinski definition) is 0. The molecule has 0 fully saturated rings. The van der Waals surface area contributed by atoms with Crippen molar-refractivity contribution in [1.82, 2.24) is 0 Å². The van der Waals surface area contributed by atoms with Crippen molar-refractivity contribution in [2.45, 2.75) is 10.4 Å². The molecule has 1 aromatic rings. The van der Waals surface area contributed by atoms with Crippen LogP contribution in [-0.4, -0.2) is 23.8 Å². The SMILES string of the molecule is O=[N+]([O-])c1ccc(S(=O)(=O)C(F)(F)F)c([N+](=O)[O-])c1. The van der Waals surface area contributed by atoms with Gasteiger partial charge in [0.15, 0.2) is 4.90 Å². The van der Waals surface area contributed by atoms with E-state index in [0.29, 0.717) is 6.07 Å². The minimum Gasteiger partial charge on any atom is -0.258 e. The molecule has 8 nitrogen and oxygen atoms in total. The number of rotatable bonds is 3. The van der Waals surface area contributed by atoms with Crippen LogP contribution in [0.5, 0.6) is 0 Å². The Morgan fingerprint density at radius 2 is 1.58 bits per heavy atom. The first-order valence-corrected chi connectivity index (χ1v) is 5.71. The minimum absolute atomic E-state index is 0.151. The van der Waals surface area contributed by atoms with Crippen molar-refractivity contribution in [1.29, 1.82) is 0 Å². The van der Waals surface area contributed by atoms with Crippen LogP contribution in [0.3, 0.4) is 0 Å². The summed E-state index contributed by atoms with van der Waals surface area (Å²) in [6.07, 6.45) is 0. The van der Waals surface area contributed by atoms with Crippen LogP contribution in [0.4, 0.5) is 24.5 Å². The van der Waals surface area contributed by atoms with Crippen molar-refractivity contribution >= 4 is 21.2 Å². The Kier molecular flexibility index (Phi) is 3.48. The molecule has 0 aliphatic heterocycles. The fourth-order valence-corrected chi connectivity index (χ4v) is 2.02. The molecule has 104 valence electrons. The van der Waals surface area contributed by atoms with E-state index in [2.05, 4.69) is 0 Å². The summed E-state index contributed by atoms with van der Waals surface area (Å²) in [6.45, 7) is 0. The van der Waals surface area contributed by atoms with Gasteiger partial charge in [-0.1, -0.05) is 0 Å². The molecule has 0 saturated heterocycles. The van der Waals surface area contributed by atoms with Gasteiger partial charge < -0.3 is 0 Å². The standard InChI is InChI=1S/C7H3F3N2O6S/c8-7(9,10)19(17,18)6-2-1-4(11(13)14)3-5(6)12(15)16/h1-3H. The maximum Gasteiger partial charge on any atom is 0.502 e. The van der Waals surface area contributed by atoms with E-state index in [0.717, 1.165) is 0 Å². The Morgan fingerprint density at radius 1 is 1.05 bits per heavy atom. The van der Waals surface area contributed by atoms with E-state index in [9.17, 15) is 41.8 Å². The molecule has 0 saturated carbocycles. The van der Waals surface area contributed by atoms with Gasteiger partial charge in [0.05, 0.1) is 15.9 Å². The van der Waals surface area contributed by atoms with Gasteiger partial charge in [-0.3, -0.25) is 20.2 Å². The summed E-state index contributed by atoms with van der Waals surface area (Å²) in [4.78, 5) is 16.7. The van der Waals surface area contributed by atoms with Gasteiger partial charge in [0.2, 0.25) is 0 Å². The second-order valence-corrected chi connectivity index (χ2v) is 5.03. The average molecular weight is 300 g/mol. The Hall–Kier alpha value is -2.24. The maximum atomic E-state index is 12.3. The number of halogens is 3. The molecule has 1 aromatic carbocycles. The molecule has 0 heterocycles. The number of sulfone groups is 1. The molecule has 0 radical (unpaired) electrons. The number of nitro benzene ring substituents is 2. The Balaban J connectivity index is 3.63. The van der Waals surface area contributed by atoms with E-state index in [4.69, 9.17) is 0 Å². The first kappa shape index (κ1) is 14.8. The van der Waals surface area contributed by atoms with E-state index in [1.807, 2.05) is 0 Å². The first-order valence-electron chi connectivity index (χ1n) is 4.22. The lowest BCUT2D eigenvalue weighted by molar-refractivity contribution is -0.396. The third-order valence-corrected chi connectivity index (χ3v) is 3.48. The second-order valence-electron chi connectivity index (χ2n) is 3.12. The summed E-state index contributed by atoms with van der Waals surface area (Å²) in [5.74, 6) is 0. The highest BCUT2D eigenvalue weighted by molar-refractivity contribution is 7.92. The van der Waals surface area contributed by atoms with Crippen molar-refractivity contribution in [2.75, 3.05) is 0 Å². The number of nitro groups is 2. The topological polar surface area (TPSA) is 120 Å². The highest BCUT2D eigenvalue weighted by Crippen LogP contribution is 2.36. The van der Waals surface area contributed by atoms with Gasteiger partial charge in [-0.2, -0.15) is 13.2 Å². The normalized spacial score (nSPS) is 12.2. The fraction of sp³-hybridized carbons (Fsp3) is 0.143. The molecule has 0 bridgehead atoms. The Bertz CT molecular complexity index is 653. The monoisotopic (exact) mass is 300 g/mol. The summed E-state index contributed by atoms with van der Waals surface area (Å²) >= 11 is 0. The molecule has 0 aromatic heterocycles. The lowest BCUT2D eigenvalue weighted by Crippen LogP contribution is -2.24. The first-order chi connectivity index (χ1) is 8.48. The number of hydrogen-bond acceptors (Lipinski definition) is 6. The van der Waals surface area contributed by atoms with Crippen molar-refractivity contribution in [2.24, 2.45) is 0 Å². The number of benzene rings is 1. The van der Waals surface area contributed by atoms with Gasteiger partial charge in [0.25, 0.3) is 21.2 Å². The van der Waals surface area contributed by atoms with Gasteiger partial charge in [-0.15, -0.1) is 0 Å². The van der Waals surface area contributed by atoms with Crippen molar-refractivity contribution in [3.05, 3.63) is 38.4 Å². The quantitative estimate of drug-likeness (QED) is 0.619. The van der Waals surface area contributed by atoms with Crippen LogP contribution in [0.2, 0.25) is 0 Å². The largest absolute Gasteiger partial charge is 0.502 e. The van der Waals surface area contributed by atoms with Crippen LogP contribution in [0.25, 0.3) is 0 Å². The van der Waals surface area contributed by atoms with Gasteiger partial charge in [-0.05, 0) is 6.07 Å².